The van der Waals surface area contributed by atoms with Crippen LogP contribution in [-0.4, -0.2) is 64.8 Å². The highest BCUT2D eigenvalue weighted by Crippen LogP contribution is 2.21. The van der Waals surface area contributed by atoms with Crippen LogP contribution >= 0.6 is 0 Å². The minimum Gasteiger partial charge on any atom is -0.340 e. The van der Waals surface area contributed by atoms with Crippen LogP contribution in [0.2, 0.25) is 0 Å². The highest BCUT2D eigenvalue weighted by atomic mass is 16.2. The van der Waals surface area contributed by atoms with Crippen molar-refractivity contribution in [2.75, 3.05) is 43.9 Å². The second-order valence-corrected chi connectivity index (χ2v) is 8.63. The number of aromatic nitrogens is 2. The maximum atomic E-state index is 12.7. The van der Waals surface area contributed by atoms with E-state index in [-0.39, 0.29) is 17.7 Å². The molecule has 1 aliphatic carbocycles. The van der Waals surface area contributed by atoms with E-state index < -0.39 is 0 Å². The average molecular weight is 447 g/mol. The number of hydrogen-bond donors (Lipinski definition) is 2. The Bertz CT molecular complexity index is 1060. The highest BCUT2D eigenvalue weighted by Gasteiger charge is 2.25. The lowest BCUT2D eigenvalue weighted by molar-refractivity contribution is -0.135. The zero-order valence-corrected chi connectivity index (χ0v) is 19.3. The van der Waals surface area contributed by atoms with E-state index in [0.29, 0.717) is 23.6 Å². The number of piperazine rings is 1. The molecule has 1 aromatic heterocycles. The van der Waals surface area contributed by atoms with Crippen molar-refractivity contribution >= 4 is 23.5 Å². The van der Waals surface area contributed by atoms with Crippen molar-refractivity contribution in [2.24, 2.45) is 5.92 Å². The van der Waals surface area contributed by atoms with Crippen molar-refractivity contribution in [1.29, 1.82) is 0 Å². The van der Waals surface area contributed by atoms with Crippen molar-refractivity contribution in [3.63, 3.8) is 0 Å². The molecule has 1 atom stereocenters. The van der Waals surface area contributed by atoms with Crippen molar-refractivity contribution in [3.05, 3.63) is 71.2 Å². The van der Waals surface area contributed by atoms with Crippen LogP contribution < -0.4 is 10.6 Å². The highest BCUT2D eigenvalue weighted by molar-refractivity contribution is 6.06. The van der Waals surface area contributed by atoms with Crippen LogP contribution in [0.25, 0.3) is 0 Å². The van der Waals surface area contributed by atoms with Crippen LogP contribution in [0.5, 0.6) is 0 Å². The third kappa shape index (κ3) is 5.46. The summed E-state index contributed by atoms with van der Waals surface area (Å²) in [6, 6.07) is 5.77. The number of carbonyl (C=O) groups is 2. The fraction of sp³-hybridized carbons (Fsp3) is 0.360. The van der Waals surface area contributed by atoms with E-state index in [1.165, 1.54) is 0 Å². The summed E-state index contributed by atoms with van der Waals surface area (Å²) in [6.07, 6.45) is 9.65. The van der Waals surface area contributed by atoms with Gasteiger partial charge in [0.1, 0.15) is 0 Å². The summed E-state index contributed by atoms with van der Waals surface area (Å²) in [5.74, 6) is 0.320. The number of aryl methyl sites for hydroxylation is 2. The molecule has 1 saturated heterocycles. The first kappa shape index (κ1) is 22.7. The van der Waals surface area contributed by atoms with E-state index in [4.69, 9.17) is 0 Å². The molecule has 1 unspecified atom stereocenters. The molecule has 0 bridgehead atoms. The van der Waals surface area contributed by atoms with E-state index in [2.05, 4.69) is 32.5 Å². The summed E-state index contributed by atoms with van der Waals surface area (Å²) in [7, 11) is 2.08. The van der Waals surface area contributed by atoms with Gasteiger partial charge in [0.2, 0.25) is 11.9 Å². The Labute approximate surface area is 194 Å². The molecule has 2 heterocycles. The summed E-state index contributed by atoms with van der Waals surface area (Å²) < 4.78 is 0. The summed E-state index contributed by atoms with van der Waals surface area (Å²) in [5, 5.41) is 6.02. The van der Waals surface area contributed by atoms with Crippen LogP contribution in [0.3, 0.4) is 0 Å². The summed E-state index contributed by atoms with van der Waals surface area (Å²) in [6.45, 7) is 7.25. The molecule has 33 heavy (non-hydrogen) atoms. The Balaban J connectivity index is 1.31. The quantitative estimate of drug-likeness (QED) is 0.734. The number of hydrogen-bond acceptors (Lipinski definition) is 6. The number of carbonyl (C=O) groups excluding carboxylic acids is 2. The first-order chi connectivity index (χ1) is 15.9. The summed E-state index contributed by atoms with van der Waals surface area (Å²) in [5.41, 5.74) is 3.89. The molecule has 1 aliphatic heterocycles. The average Bonchev–Trinajstić information content (AvgIpc) is 2.81. The van der Waals surface area contributed by atoms with E-state index in [1.807, 2.05) is 55.2 Å². The third-order valence-corrected chi connectivity index (χ3v) is 6.11. The Morgan fingerprint density at radius 1 is 1.03 bits per heavy atom. The molecular weight excluding hydrogens is 416 g/mol. The predicted octanol–water partition coefficient (Wildman–Crippen LogP) is 2.99. The monoisotopic (exact) mass is 446 g/mol. The maximum absolute atomic E-state index is 12.7. The standard InChI is InChI=1S/C25H30N6O2/c1-17-5-4-6-18(2)22(17)23(32)28-21-15-26-25(27-16-21)29-20-9-7-19(8-10-20)24(33)31-13-11-30(3)12-14-31/h4-7,9-10,15-16,19H,8,11-14H2,1-3H3,(H,28,32)(H,26,27,29). The van der Waals surface area contributed by atoms with Gasteiger partial charge in [0.05, 0.1) is 24.0 Å². The number of rotatable bonds is 5. The number of benzene rings is 1. The number of nitrogens with one attached hydrogen (secondary N) is 2. The van der Waals surface area contributed by atoms with Gasteiger partial charge >= 0.3 is 0 Å². The van der Waals surface area contributed by atoms with Gasteiger partial charge in [-0.2, -0.15) is 0 Å². The lowest BCUT2D eigenvalue weighted by Crippen LogP contribution is -2.48. The zero-order valence-electron chi connectivity index (χ0n) is 19.3. The molecule has 2 amide bonds. The van der Waals surface area contributed by atoms with E-state index in [0.717, 1.165) is 43.0 Å². The summed E-state index contributed by atoms with van der Waals surface area (Å²) in [4.78, 5) is 38.2. The fourth-order valence-electron chi connectivity index (χ4n) is 4.11. The van der Waals surface area contributed by atoms with Crippen LogP contribution in [0.4, 0.5) is 11.6 Å². The van der Waals surface area contributed by atoms with E-state index in [9.17, 15) is 9.59 Å². The minimum absolute atomic E-state index is 0.123. The van der Waals surface area contributed by atoms with Gasteiger partial charge in [0.15, 0.2) is 0 Å². The lowest BCUT2D eigenvalue weighted by atomic mass is 9.97. The Hall–Kier alpha value is -3.52. The van der Waals surface area contributed by atoms with Gasteiger partial charge in [-0.05, 0) is 44.5 Å². The molecule has 2 N–H and O–H groups in total. The van der Waals surface area contributed by atoms with E-state index >= 15 is 0 Å². The number of nitrogens with zero attached hydrogens (tertiary/aromatic N) is 4. The largest absolute Gasteiger partial charge is 0.340 e. The lowest BCUT2D eigenvalue weighted by Gasteiger charge is -2.34. The molecule has 2 aliphatic rings. The van der Waals surface area contributed by atoms with E-state index in [1.54, 1.807) is 12.4 Å². The number of likely N-dealkylation sites (N-methyl/N-ethyl adjacent to an activating group) is 1. The first-order valence-corrected chi connectivity index (χ1v) is 11.2. The minimum atomic E-state index is -0.177. The molecular formula is C25H30N6O2. The molecule has 4 rings (SSSR count). The van der Waals surface area contributed by atoms with Gasteiger partial charge in [-0.15, -0.1) is 0 Å². The molecule has 8 nitrogen and oxygen atoms in total. The van der Waals surface area contributed by atoms with Gasteiger partial charge < -0.3 is 20.4 Å². The van der Waals surface area contributed by atoms with Gasteiger partial charge in [-0.3, -0.25) is 9.59 Å². The third-order valence-electron chi connectivity index (χ3n) is 6.11. The molecule has 2 aromatic rings. The van der Waals surface area contributed by atoms with Gasteiger partial charge in [-0.1, -0.05) is 30.4 Å². The molecule has 1 fully saturated rings. The molecule has 0 spiro atoms. The Kier molecular flexibility index (Phi) is 6.84. The van der Waals surface area contributed by atoms with Crippen LogP contribution in [0.1, 0.15) is 27.9 Å². The molecule has 172 valence electrons. The van der Waals surface area contributed by atoms with Crippen LogP contribution in [-0.2, 0) is 4.79 Å². The van der Waals surface area contributed by atoms with Crippen molar-refractivity contribution in [2.45, 2.75) is 20.3 Å². The Morgan fingerprint density at radius 3 is 2.30 bits per heavy atom. The Morgan fingerprint density at radius 2 is 1.70 bits per heavy atom. The topological polar surface area (TPSA) is 90.5 Å². The van der Waals surface area contributed by atoms with Gasteiger partial charge in [-0.25, -0.2) is 9.97 Å². The molecule has 8 heteroatoms. The van der Waals surface area contributed by atoms with Crippen molar-refractivity contribution in [1.82, 2.24) is 19.8 Å². The molecule has 1 aromatic carbocycles. The SMILES string of the molecule is Cc1cccc(C)c1C(=O)Nc1cnc(NC2=CCC(C(=O)N3CCN(C)CC3)C=C2)nc1. The maximum Gasteiger partial charge on any atom is 0.256 e. The number of anilines is 2. The second-order valence-electron chi connectivity index (χ2n) is 8.63. The van der Waals surface area contributed by atoms with Gasteiger partial charge in [0, 0.05) is 37.4 Å². The molecule has 0 radical (unpaired) electrons. The van der Waals surface area contributed by atoms with Crippen LogP contribution in [0.15, 0.2) is 54.5 Å². The van der Waals surface area contributed by atoms with Crippen molar-refractivity contribution < 1.29 is 9.59 Å². The molecule has 0 saturated carbocycles. The fourth-order valence-corrected chi connectivity index (χ4v) is 4.11. The number of amides is 2. The summed E-state index contributed by atoms with van der Waals surface area (Å²) >= 11 is 0. The normalized spacial score (nSPS) is 18.6. The first-order valence-electron chi connectivity index (χ1n) is 11.2. The smallest absolute Gasteiger partial charge is 0.256 e. The van der Waals surface area contributed by atoms with Crippen LogP contribution in [0, 0.1) is 19.8 Å². The van der Waals surface area contributed by atoms with Crippen molar-refractivity contribution in [3.8, 4) is 0 Å². The number of allylic oxidation sites excluding steroid dienone is 2. The second kappa shape index (κ2) is 9.95. The predicted molar refractivity (Wildman–Crippen MR) is 129 cm³/mol. The zero-order chi connectivity index (χ0) is 23.4. The van der Waals surface area contributed by atoms with Gasteiger partial charge in [0.25, 0.3) is 5.91 Å².